The summed E-state index contributed by atoms with van der Waals surface area (Å²) in [6.07, 6.45) is 3.06. The maximum Gasteiger partial charge on any atom is 0.244 e. The highest BCUT2D eigenvalue weighted by Gasteiger charge is 2.33. The summed E-state index contributed by atoms with van der Waals surface area (Å²) in [5, 5.41) is 3.33. The minimum atomic E-state index is -3.84. The number of amides is 2. The lowest BCUT2D eigenvalue weighted by Gasteiger charge is -2.33. The zero-order valence-corrected chi connectivity index (χ0v) is 24.2. The fourth-order valence-corrected chi connectivity index (χ4v) is 5.34. The summed E-state index contributed by atoms with van der Waals surface area (Å²) < 4.78 is 26.6. The molecule has 1 atom stereocenters. The summed E-state index contributed by atoms with van der Waals surface area (Å²) in [6, 6.07) is 22.7. The normalized spacial score (nSPS) is 12.0. The van der Waals surface area contributed by atoms with E-state index in [0.29, 0.717) is 11.6 Å². The molecule has 2 amide bonds. The molecule has 0 saturated carbocycles. The molecule has 39 heavy (non-hydrogen) atoms. The van der Waals surface area contributed by atoms with Crippen molar-refractivity contribution >= 4 is 39.1 Å². The zero-order valence-electron chi connectivity index (χ0n) is 22.6. The van der Waals surface area contributed by atoms with Crippen molar-refractivity contribution in [3.05, 3.63) is 101 Å². The van der Waals surface area contributed by atoms with Gasteiger partial charge in [0.2, 0.25) is 21.8 Å². The van der Waals surface area contributed by atoms with Gasteiger partial charge in [0.15, 0.2) is 0 Å². The van der Waals surface area contributed by atoms with Gasteiger partial charge in [-0.2, -0.15) is 0 Å². The first-order valence-corrected chi connectivity index (χ1v) is 15.2. The van der Waals surface area contributed by atoms with Gasteiger partial charge in [0.05, 0.1) is 11.9 Å². The highest BCUT2D eigenvalue weighted by Crippen LogP contribution is 2.23. The van der Waals surface area contributed by atoms with Gasteiger partial charge in [-0.25, -0.2) is 8.42 Å². The van der Waals surface area contributed by atoms with Gasteiger partial charge in [-0.15, -0.1) is 0 Å². The smallest absolute Gasteiger partial charge is 0.244 e. The number of hydrogen-bond acceptors (Lipinski definition) is 4. The van der Waals surface area contributed by atoms with Gasteiger partial charge in [-0.1, -0.05) is 91.2 Å². The summed E-state index contributed by atoms with van der Waals surface area (Å²) in [5.74, 6) is -0.768. The summed E-state index contributed by atoms with van der Waals surface area (Å²) in [6.45, 7) is 4.16. The van der Waals surface area contributed by atoms with E-state index in [1.807, 2.05) is 68.4 Å². The van der Waals surface area contributed by atoms with Gasteiger partial charge in [0.25, 0.3) is 0 Å². The highest BCUT2D eigenvalue weighted by atomic mass is 35.5. The Bertz CT molecular complexity index is 1370. The number of nitrogens with one attached hydrogen (secondary N) is 1. The third-order valence-electron chi connectivity index (χ3n) is 6.31. The number of hydrogen-bond donors (Lipinski definition) is 1. The van der Waals surface area contributed by atoms with Gasteiger partial charge in [0.1, 0.15) is 12.6 Å². The second-order valence-corrected chi connectivity index (χ2v) is 12.0. The van der Waals surface area contributed by atoms with Crippen molar-refractivity contribution in [3.8, 4) is 0 Å². The molecule has 0 aliphatic rings. The Balaban J connectivity index is 2.03. The fourth-order valence-electron chi connectivity index (χ4n) is 4.31. The first kappa shape index (κ1) is 30.2. The second-order valence-electron chi connectivity index (χ2n) is 9.61. The number of rotatable bonds is 13. The molecule has 3 aromatic carbocycles. The Hall–Kier alpha value is -3.36. The van der Waals surface area contributed by atoms with Crippen LogP contribution in [-0.2, 0) is 32.6 Å². The number of aryl methyl sites for hydroxylation is 1. The van der Waals surface area contributed by atoms with Gasteiger partial charge >= 0.3 is 0 Å². The molecule has 9 heteroatoms. The minimum absolute atomic E-state index is 0.145. The molecule has 0 fully saturated rings. The van der Waals surface area contributed by atoms with Crippen LogP contribution in [0, 0.1) is 6.92 Å². The maximum absolute atomic E-state index is 14.0. The van der Waals surface area contributed by atoms with Gasteiger partial charge in [-0.3, -0.25) is 13.9 Å². The molecule has 0 saturated heterocycles. The van der Waals surface area contributed by atoms with E-state index < -0.39 is 28.5 Å². The molecule has 0 aromatic heterocycles. The van der Waals surface area contributed by atoms with Crippen molar-refractivity contribution < 1.29 is 18.0 Å². The quantitative estimate of drug-likeness (QED) is 0.294. The van der Waals surface area contributed by atoms with E-state index in [4.69, 9.17) is 11.6 Å². The van der Waals surface area contributed by atoms with Crippen LogP contribution >= 0.6 is 11.6 Å². The average Bonchev–Trinajstić information content (AvgIpc) is 2.89. The predicted molar refractivity (Wildman–Crippen MR) is 157 cm³/mol. The van der Waals surface area contributed by atoms with E-state index in [0.717, 1.165) is 40.1 Å². The predicted octanol–water partition coefficient (Wildman–Crippen LogP) is 4.97. The van der Waals surface area contributed by atoms with E-state index in [-0.39, 0.29) is 24.6 Å². The van der Waals surface area contributed by atoms with Crippen LogP contribution < -0.4 is 9.62 Å². The van der Waals surface area contributed by atoms with Crippen LogP contribution in [0.5, 0.6) is 0 Å². The molecule has 0 spiro atoms. The van der Waals surface area contributed by atoms with E-state index >= 15 is 0 Å². The third-order valence-corrected chi connectivity index (χ3v) is 7.69. The molecule has 0 aliphatic heterocycles. The van der Waals surface area contributed by atoms with Crippen LogP contribution in [0.15, 0.2) is 78.9 Å². The van der Waals surface area contributed by atoms with Crippen LogP contribution in [0.3, 0.4) is 0 Å². The molecular formula is C30H36ClN3O4S. The number of benzene rings is 3. The number of anilines is 1. The van der Waals surface area contributed by atoms with Crippen molar-refractivity contribution in [2.75, 3.05) is 23.7 Å². The monoisotopic (exact) mass is 569 g/mol. The Morgan fingerprint density at radius 3 is 2.28 bits per heavy atom. The molecular weight excluding hydrogens is 534 g/mol. The third kappa shape index (κ3) is 9.11. The van der Waals surface area contributed by atoms with Crippen molar-refractivity contribution in [2.24, 2.45) is 0 Å². The summed E-state index contributed by atoms with van der Waals surface area (Å²) in [4.78, 5) is 29.1. The topological polar surface area (TPSA) is 86.8 Å². The molecule has 1 unspecified atom stereocenters. The number of carbonyl (C=O) groups is 2. The SMILES string of the molecule is CCCCNC(=O)C(Cc1ccccc1)N(Cc1cccc(C)c1)C(=O)CN(c1cccc(Cl)c1)S(C)(=O)=O. The second kappa shape index (κ2) is 14.1. The lowest BCUT2D eigenvalue weighted by Crippen LogP contribution is -2.53. The maximum atomic E-state index is 14.0. The van der Waals surface area contributed by atoms with Crippen LogP contribution in [0.4, 0.5) is 5.69 Å². The number of sulfonamides is 1. The first-order chi connectivity index (χ1) is 18.6. The largest absolute Gasteiger partial charge is 0.354 e. The molecule has 3 rings (SSSR count). The van der Waals surface area contributed by atoms with Crippen LogP contribution in [0.2, 0.25) is 5.02 Å². The Labute approximate surface area is 236 Å². The molecule has 0 heterocycles. The molecule has 0 bridgehead atoms. The lowest BCUT2D eigenvalue weighted by atomic mass is 10.0. The van der Waals surface area contributed by atoms with E-state index in [1.54, 1.807) is 18.2 Å². The zero-order chi connectivity index (χ0) is 28.4. The molecule has 7 nitrogen and oxygen atoms in total. The van der Waals surface area contributed by atoms with Crippen molar-refractivity contribution in [1.29, 1.82) is 0 Å². The number of unbranched alkanes of at least 4 members (excludes halogenated alkanes) is 1. The van der Waals surface area contributed by atoms with E-state index in [9.17, 15) is 18.0 Å². The number of nitrogens with zero attached hydrogens (tertiary/aromatic N) is 2. The number of halogens is 1. The Morgan fingerprint density at radius 1 is 0.949 bits per heavy atom. The molecule has 208 valence electrons. The molecule has 3 aromatic rings. The molecule has 0 radical (unpaired) electrons. The van der Waals surface area contributed by atoms with Gasteiger partial charge < -0.3 is 10.2 Å². The summed E-state index contributed by atoms with van der Waals surface area (Å²) in [7, 11) is -3.84. The Morgan fingerprint density at radius 2 is 1.64 bits per heavy atom. The fraction of sp³-hybridized carbons (Fsp3) is 0.333. The van der Waals surface area contributed by atoms with Crippen LogP contribution in [0.1, 0.15) is 36.5 Å². The van der Waals surface area contributed by atoms with Crippen LogP contribution in [0.25, 0.3) is 0 Å². The van der Waals surface area contributed by atoms with Crippen molar-refractivity contribution in [1.82, 2.24) is 10.2 Å². The first-order valence-electron chi connectivity index (χ1n) is 13.0. The number of carbonyl (C=O) groups excluding carboxylic acids is 2. The van der Waals surface area contributed by atoms with Crippen molar-refractivity contribution in [3.63, 3.8) is 0 Å². The minimum Gasteiger partial charge on any atom is -0.354 e. The van der Waals surface area contributed by atoms with E-state index in [2.05, 4.69) is 5.32 Å². The van der Waals surface area contributed by atoms with Gasteiger partial charge in [-0.05, 0) is 42.7 Å². The lowest BCUT2D eigenvalue weighted by molar-refractivity contribution is -0.140. The average molecular weight is 570 g/mol. The van der Waals surface area contributed by atoms with E-state index in [1.165, 1.54) is 11.0 Å². The van der Waals surface area contributed by atoms with Crippen molar-refractivity contribution in [2.45, 2.75) is 45.7 Å². The standard InChI is InChI=1S/C30H36ClN3O4S/c1-4-5-17-32-30(36)28(19-24-12-7-6-8-13-24)33(21-25-14-9-11-23(2)18-25)29(35)22-34(39(3,37)38)27-16-10-15-26(31)20-27/h6-16,18,20,28H,4-5,17,19,21-22H2,1-3H3,(H,32,36). The van der Waals surface area contributed by atoms with Gasteiger partial charge in [0, 0.05) is 24.5 Å². The summed E-state index contributed by atoms with van der Waals surface area (Å²) >= 11 is 6.13. The molecule has 0 aliphatic carbocycles. The van der Waals surface area contributed by atoms with Crippen LogP contribution in [-0.4, -0.2) is 50.5 Å². The highest BCUT2D eigenvalue weighted by molar-refractivity contribution is 7.92. The molecule has 1 N–H and O–H groups in total. The Kier molecular flexibility index (Phi) is 10.9. The summed E-state index contributed by atoms with van der Waals surface area (Å²) in [5.41, 5.74) is 3.03.